The van der Waals surface area contributed by atoms with Crippen molar-refractivity contribution in [3.05, 3.63) is 76.2 Å². The second kappa shape index (κ2) is 9.14. The zero-order valence-corrected chi connectivity index (χ0v) is 17.3. The van der Waals surface area contributed by atoms with Crippen molar-refractivity contribution < 1.29 is 9.59 Å². The SMILES string of the molecule is NC(=O)C1CCN(CCc2ccc(NC(=O)c3cc4ccccc4c(=O)[nH]3)cc2)CC1. The molecule has 0 bridgehead atoms. The molecule has 2 heterocycles. The van der Waals surface area contributed by atoms with E-state index >= 15 is 0 Å². The van der Waals surface area contributed by atoms with Crippen molar-refractivity contribution in [1.29, 1.82) is 0 Å². The van der Waals surface area contributed by atoms with Crippen LogP contribution in [0.1, 0.15) is 28.9 Å². The molecule has 1 aromatic heterocycles. The first-order valence-electron chi connectivity index (χ1n) is 10.5. The highest BCUT2D eigenvalue weighted by atomic mass is 16.2. The maximum atomic E-state index is 12.6. The summed E-state index contributed by atoms with van der Waals surface area (Å²) in [6.45, 7) is 2.72. The van der Waals surface area contributed by atoms with Crippen LogP contribution in [0.25, 0.3) is 10.8 Å². The predicted octanol–water partition coefficient (Wildman–Crippen LogP) is 2.52. The van der Waals surface area contributed by atoms with Crippen molar-refractivity contribution in [2.75, 3.05) is 25.0 Å². The monoisotopic (exact) mass is 418 g/mol. The zero-order valence-electron chi connectivity index (χ0n) is 17.3. The summed E-state index contributed by atoms with van der Waals surface area (Å²) < 4.78 is 0. The van der Waals surface area contributed by atoms with Crippen molar-refractivity contribution in [2.45, 2.75) is 19.3 Å². The third-order valence-electron chi connectivity index (χ3n) is 5.92. The summed E-state index contributed by atoms with van der Waals surface area (Å²) in [5.74, 6) is -0.533. The second-order valence-electron chi connectivity index (χ2n) is 8.02. The Balaban J connectivity index is 1.33. The second-order valence-corrected chi connectivity index (χ2v) is 8.02. The lowest BCUT2D eigenvalue weighted by Crippen LogP contribution is -2.39. The summed E-state index contributed by atoms with van der Waals surface area (Å²) in [5, 5.41) is 4.12. The fourth-order valence-electron chi connectivity index (χ4n) is 4.01. The fourth-order valence-corrected chi connectivity index (χ4v) is 4.01. The van der Waals surface area contributed by atoms with Gasteiger partial charge < -0.3 is 20.9 Å². The molecule has 0 unspecified atom stereocenters. The van der Waals surface area contributed by atoms with Crippen molar-refractivity contribution in [1.82, 2.24) is 9.88 Å². The number of hydrogen-bond acceptors (Lipinski definition) is 4. The van der Waals surface area contributed by atoms with Gasteiger partial charge in [-0.05, 0) is 67.6 Å². The van der Waals surface area contributed by atoms with Crippen molar-refractivity contribution >= 4 is 28.3 Å². The molecule has 0 atom stereocenters. The third-order valence-corrected chi connectivity index (χ3v) is 5.92. The highest BCUT2D eigenvalue weighted by Crippen LogP contribution is 2.18. The molecule has 4 rings (SSSR count). The van der Waals surface area contributed by atoms with E-state index in [1.54, 1.807) is 18.2 Å². The maximum Gasteiger partial charge on any atom is 0.272 e. The minimum absolute atomic E-state index is 0.0108. The van der Waals surface area contributed by atoms with Crippen LogP contribution >= 0.6 is 0 Å². The summed E-state index contributed by atoms with van der Waals surface area (Å²) >= 11 is 0. The molecule has 3 aromatic rings. The summed E-state index contributed by atoms with van der Waals surface area (Å²) in [4.78, 5) is 41.0. The van der Waals surface area contributed by atoms with Crippen LogP contribution in [-0.4, -0.2) is 41.3 Å². The average molecular weight is 418 g/mol. The Morgan fingerprint density at radius 3 is 2.48 bits per heavy atom. The Hall–Kier alpha value is -3.45. The smallest absolute Gasteiger partial charge is 0.272 e. The number of rotatable bonds is 6. The molecule has 1 aliphatic rings. The number of pyridine rings is 1. The van der Waals surface area contributed by atoms with Crippen LogP contribution in [0.2, 0.25) is 0 Å². The minimum atomic E-state index is -0.354. The quantitative estimate of drug-likeness (QED) is 0.572. The van der Waals surface area contributed by atoms with Gasteiger partial charge in [0.15, 0.2) is 0 Å². The molecule has 7 nitrogen and oxygen atoms in total. The number of fused-ring (bicyclic) bond motifs is 1. The molecule has 31 heavy (non-hydrogen) atoms. The number of piperidine rings is 1. The number of benzene rings is 2. The van der Waals surface area contributed by atoms with Gasteiger partial charge in [-0.15, -0.1) is 0 Å². The van der Waals surface area contributed by atoms with Crippen molar-refractivity contribution in [2.24, 2.45) is 11.7 Å². The fraction of sp³-hybridized carbons (Fsp3) is 0.292. The first kappa shape index (κ1) is 20.8. The minimum Gasteiger partial charge on any atom is -0.369 e. The third kappa shape index (κ3) is 5.00. The molecule has 0 aliphatic carbocycles. The van der Waals surface area contributed by atoms with Crippen molar-refractivity contribution in [3.8, 4) is 0 Å². The van der Waals surface area contributed by atoms with Gasteiger partial charge in [0.1, 0.15) is 5.69 Å². The van der Waals surface area contributed by atoms with Gasteiger partial charge in [0.05, 0.1) is 0 Å². The molecule has 0 saturated carbocycles. The van der Waals surface area contributed by atoms with Gasteiger partial charge in [-0.2, -0.15) is 0 Å². The number of likely N-dealkylation sites (tertiary alicyclic amines) is 1. The lowest BCUT2D eigenvalue weighted by Gasteiger charge is -2.30. The molecule has 7 heteroatoms. The highest BCUT2D eigenvalue weighted by Gasteiger charge is 2.22. The van der Waals surface area contributed by atoms with Crippen LogP contribution < -0.4 is 16.6 Å². The number of nitrogens with zero attached hydrogens (tertiary/aromatic N) is 1. The lowest BCUT2D eigenvalue weighted by atomic mass is 9.96. The molecule has 4 N–H and O–H groups in total. The van der Waals surface area contributed by atoms with E-state index in [0.717, 1.165) is 44.3 Å². The van der Waals surface area contributed by atoms with Gasteiger partial charge in [-0.25, -0.2) is 0 Å². The number of nitrogens with two attached hydrogens (primary N) is 1. The predicted molar refractivity (Wildman–Crippen MR) is 121 cm³/mol. The molecule has 1 saturated heterocycles. The number of carbonyl (C=O) groups excluding carboxylic acids is 2. The van der Waals surface area contributed by atoms with Crippen LogP contribution in [0, 0.1) is 5.92 Å². The van der Waals surface area contributed by atoms with Crippen LogP contribution in [0.4, 0.5) is 5.69 Å². The number of nitrogens with one attached hydrogen (secondary N) is 2. The van der Waals surface area contributed by atoms with Gasteiger partial charge in [0.2, 0.25) is 5.91 Å². The van der Waals surface area contributed by atoms with E-state index in [2.05, 4.69) is 15.2 Å². The van der Waals surface area contributed by atoms with Crippen LogP contribution in [0.15, 0.2) is 59.4 Å². The average Bonchev–Trinajstić information content (AvgIpc) is 2.79. The molecule has 1 aliphatic heterocycles. The Bertz CT molecular complexity index is 1150. The maximum absolute atomic E-state index is 12.6. The first-order valence-corrected chi connectivity index (χ1v) is 10.5. The van der Waals surface area contributed by atoms with E-state index in [-0.39, 0.29) is 29.0 Å². The van der Waals surface area contributed by atoms with Crippen molar-refractivity contribution in [3.63, 3.8) is 0 Å². The van der Waals surface area contributed by atoms with E-state index in [1.807, 2.05) is 36.4 Å². The van der Waals surface area contributed by atoms with Gasteiger partial charge >= 0.3 is 0 Å². The molecule has 160 valence electrons. The first-order chi connectivity index (χ1) is 15.0. The standard InChI is InChI=1S/C24H26N4O3/c25-22(29)17-10-13-28(14-11-17)12-9-16-5-7-19(8-6-16)26-24(31)21-15-18-3-1-2-4-20(18)23(30)27-21/h1-8,15,17H,9-14H2,(H2,25,29)(H,26,31)(H,27,30). The van der Waals surface area contributed by atoms with E-state index in [0.29, 0.717) is 11.1 Å². The van der Waals surface area contributed by atoms with Crippen LogP contribution in [0.5, 0.6) is 0 Å². The summed E-state index contributed by atoms with van der Waals surface area (Å²) in [6.07, 6.45) is 2.56. The molecular formula is C24H26N4O3. The molecule has 0 spiro atoms. The number of aromatic amines is 1. The summed E-state index contributed by atoms with van der Waals surface area (Å²) in [7, 11) is 0. The zero-order chi connectivity index (χ0) is 21.8. The number of primary amides is 1. The van der Waals surface area contributed by atoms with E-state index in [9.17, 15) is 14.4 Å². The normalized spacial score (nSPS) is 15.1. The largest absolute Gasteiger partial charge is 0.369 e. The highest BCUT2D eigenvalue weighted by molar-refractivity contribution is 6.04. The number of H-pyrrole nitrogens is 1. The summed E-state index contributed by atoms with van der Waals surface area (Å²) in [5.41, 5.74) is 7.19. The van der Waals surface area contributed by atoms with Gasteiger partial charge in [-0.1, -0.05) is 30.3 Å². The van der Waals surface area contributed by atoms with Gasteiger partial charge in [-0.3, -0.25) is 14.4 Å². The molecule has 0 radical (unpaired) electrons. The number of aromatic nitrogens is 1. The molecule has 2 aromatic carbocycles. The molecule has 2 amide bonds. The lowest BCUT2D eigenvalue weighted by molar-refractivity contribution is -0.123. The van der Waals surface area contributed by atoms with Crippen LogP contribution in [0.3, 0.4) is 0 Å². The molecular weight excluding hydrogens is 392 g/mol. The number of carbonyl (C=O) groups is 2. The Morgan fingerprint density at radius 1 is 1.06 bits per heavy atom. The Kier molecular flexibility index (Phi) is 6.13. The van der Waals surface area contributed by atoms with E-state index in [4.69, 9.17) is 5.73 Å². The van der Waals surface area contributed by atoms with E-state index < -0.39 is 0 Å². The van der Waals surface area contributed by atoms with Gasteiger partial charge in [0, 0.05) is 23.5 Å². The van der Waals surface area contributed by atoms with E-state index in [1.165, 1.54) is 5.56 Å². The number of hydrogen-bond donors (Lipinski definition) is 3. The number of anilines is 1. The topological polar surface area (TPSA) is 108 Å². The van der Waals surface area contributed by atoms with Gasteiger partial charge in [0.25, 0.3) is 11.5 Å². The summed E-state index contributed by atoms with van der Waals surface area (Å²) in [6, 6.07) is 16.6. The number of amides is 2. The molecule has 1 fully saturated rings. The Morgan fingerprint density at radius 2 is 1.77 bits per heavy atom. The van der Waals surface area contributed by atoms with Crippen LogP contribution in [-0.2, 0) is 11.2 Å². The Labute approximate surface area is 180 Å².